The quantitative estimate of drug-likeness (QED) is 0.778. The first-order chi connectivity index (χ1) is 8.95. The Kier molecular flexibility index (Phi) is 4.56. The summed E-state index contributed by atoms with van der Waals surface area (Å²) in [5, 5.41) is 10.5. The van der Waals surface area contributed by atoms with Crippen molar-refractivity contribution in [3.05, 3.63) is 22.4 Å². The fourth-order valence-electron chi connectivity index (χ4n) is 2.64. The summed E-state index contributed by atoms with van der Waals surface area (Å²) in [6.07, 6.45) is 1.23. The standard InChI is InChI=1S/C14H22ClNO3/c1-4-18-14(17)13-11(16)9-5-8(7(2)3)6-10(15)12(9)19-13/h6-7,9,11,13-14,17H,4-5,16H2,1-3H3/t9?,11-,13?,14?/m0/s1. The van der Waals surface area contributed by atoms with Crippen molar-refractivity contribution in [2.24, 2.45) is 17.6 Å². The molecule has 0 saturated carbocycles. The zero-order valence-corrected chi connectivity index (χ0v) is 12.4. The number of ether oxygens (including phenoxy) is 2. The van der Waals surface area contributed by atoms with E-state index in [1.54, 1.807) is 0 Å². The largest absolute Gasteiger partial charge is 0.486 e. The summed E-state index contributed by atoms with van der Waals surface area (Å²) in [5.41, 5.74) is 7.47. The van der Waals surface area contributed by atoms with Gasteiger partial charge in [0.05, 0.1) is 11.1 Å². The van der Waals surface area contributed by atoms with Crippen LogP contribution in [0.1, 0.15) is 27.2 Å². The monoisotopic (exact) mass is 287 g/mol. The molecular formula is C14H22ClNO3. The number of fused-ring (bicyclic) bond motifs is 1. The molecule has 0 aromatic rings. The second-order valence-corrected chi connectivity index (χ2v) is 5.81. The zero-order chi connectivity index (χ0) is 14.2. The fourth-order valence-corrected chi connectivity index (χ4v) is 2.97. The van der Waals surface area contributed by atoms with Crippen LogP contribution in [0.3, 0.4) is 0 Å². The SMILES string of the molecule is CCOC(O)C1OC2=C(Cl)C=C(C(C)C)CC2[C@@H]1N. The highest BCUT2D eigenvalue weighted by Crippen LogP contribution is 2.43. The molecule has 0 amide bonds. The molecule has 1 aliphatic carbocycles. The molecule has 0 spiro atoms. The summed E-state index contributed by atoms with van der Waals surface area (Å²) in [7, 11) is 0. The van der Waals surface area contributed by atoms with Crippen LogP contribution in [0.15, 0.2) is 22.4 Å². The Bertz CT molecular complexity index is 405. The molecule has 5 heteroatoms. The lowest BCUT2D eigenvalue weighted by atomic mass is 9.83. The summed E-state index contributed by atoms with van der Waals surface area (Å²) >= 11 is 6.27. The molecule has 4 atom stereocenters. The van der Waals surface area contributed by atoms with Gasteiger partial charge in [-0.15, -0.1) is 0 Å². The molecule has 3 unspecified atom stereocenters. The Balaban J connectivity index is 2.19. The highest BCUT2D eigenvalue weighted by molar-refractivity contribution is 6.31. The number of rotatable bonds is 4. The Morgan fingerprint density at radius 3 is 2.84 bits per heavy atom. The van der Waals surface area contributed by atoms with E-state index in [2.05, 4.69) is 13.8 Å². The van der Waals surface area contributed by atoms with Crippen molar-refractivity contribution >= 4 is 11.6 Å². The average Bonchev–Trinajstić information content (AvgIpc) is 2.68. The van der Waals surface area contributed by atoms with Gasteiger partial charge in [0.2, 0.25) is 0 Å². The normalized spacial score (nSPS) is 32.2. The van der Waals surface area contributed by atoms with Crippen LogP contribution in [-0.4, -0.2) is 30.1 Å². The maximum Gasteiger partial charge on any atom is 0.193 e. The number of nitrogens with two attached hydrogens (primary N) is 1. The second-order valence-electron chi connectivity index (χ2n) is 5.40. The summed E-state index contributed by atoms with van der Waals surface area (Å²) in [6, 6.07) is -0.298. The van der Waals surface area contributed by atoms with Crippen molar-refractivity contribution < 1.29 is 14.6 Å². The van der Waals surface area contributed by atoms with Gasteiger partial charge in [0, 0.05) is 12.5 Å². The minimum absolute atomic E-state index is 0.0370. The Labute approximate surface area is 119 Å². The molecule has 0 aromatic heterocycles. The molecule has 0 radical (unpaired) electrons. The third-order valence-electron chi connectivity index (χ3n) is 3.81. The Hall–Kier alpha value is -0.550. The Morgan fingerprint density at radius 1 is 1.58 bits per heavy atom. The Morgan fingerprint density at radius 2 is 2.26 bits per heavy atom. The zero-order valence-electron chi connectivity index (χ0n) is 11.6. The van der Waals surface area contributed by atoms with Gasteiger partial charge in [-0.05, 0) is 25.3 Å². The van der Waals surface area contributed by atoms with Crippen LogP contribution in [0.5, 0.6) is 0 Å². The van der Waals surface area contributed by atoms with E-state index in [1.807, 2.05) is 13.0 Å². The van der Waals surface area contributed by atoms with Crippen molar-refractivity contribution in [2.45, 2.75) is 45.6 Å². The summed E-state index contributed by atoms with van der Waals surface area (Å²) in [5.74, 6) is 1.16. The molecule has 1 heterocycles. The van der Waals surface area contributed by atoms with E-state index >= 15 is 0 Å². The molecule has 0 aromatic carbocycles. The number of aliphatic hydroxyl groups excluding tert-OH is 1. The third kappa shape index (κ3) is 2.82. The van der Waals surface area contributed by atoms with Crippen LogP contribution in [0, 0.1) is 11.8 Å². The van der Waals surface area contributed by atoms with Gasteiger partial charge in [-0.25, -0.2) is 0 Å². The van der Waals surface area contributed by atoms with Crippen molar-refractivity contribution in [3.63, 3.8) is 0 Å². The van der Waals surface area contributed by atoms with E-state index in [9.17, 15) is 5.11 Å². The molecule has 1 saturated heterocycles. The lowest BCUT2D eigenvalue weighted by Gasteiger charge is -2.24. The van der Waals surface area contributed by atoms with Crippen LogP contribution >= 0.6 is 11.6 Å². The smallest absolute Gasteiger partial charge is 0.193 e. The third-order valence-corrected chi connectivity index (χ3v) is 4.10. The second kappa shape index (κ2) is 5.83. The molecule has 2 aliphatic rings. The molecule has 108 valence electrons. The van der Waals surface area contributed by atoms with E-state index in [0.29, 0.717) is 23.3 Å². The molecular weight excluding hydrogens is 266 g/mol. The maximum atomic E-state index is 9.92. The van der Waals surface area contributed by atoms with Gasteiger partial charge in [0.15, 0.2) is 12.4 Å². The van der Waals surface area contributed by atoms with Crippen LogP contribution < -0.4 is 5.73 Å². The number of hydrogen-bond donors (Lipinski definition) is 2. The van der Waals surface area contributed by atoms with Gasteiger partial charge >= 0.3 is 0 Å². The summed E-state index contributed by atoms with van der Waals surface area (Å²) < 4.78 is 10.9. The molecule has 1 aliphatic heterocycles. The highest BCUT2D eigenvalue weighted by atomic mass is 35.5. The maximum absolute atomic E-state index is 9.92. The van der Waals surface area contributed by atoms with Crippen molar-refractivity contribution in [2.75, 3.05) is 6.61 Å². The molecule has 19 heavy (non-hydrogen) atoms. The highest BCUT2D eigenvalue weighted by Gasteiger charge is 2.46. The van der Waals surface area contributed by atoms with E-state index in [-0.39, 0.29) is 12.0 Å². The number of hydrogen-bond acceptors (Lipinski definition) is 4. The molecule has 3 N–H and O–H groups in total. The topological polar surface area (TPSA) is 64.7 Å². The van der Waals surface area contributed by atoms with Crippen molar-refractivity contribution in [3.8, 4) is 0 Å². The predicted molar refractivity (Wildman–Crippen MR) is 74.4 cm³/mol. The summed E-state index contributed by atoms with van der Waals surface area (Å²) in [6.45, 7) is 6.51. The average molecular weight is 288 g/mol. The van der Waals surface area contributed by atoms with Gasteiger partial charge in [0.25, 0.3) is 0 Å². The van der Waals surface area contributed by atoms with Gasteiger partial charge in [0.1, 0.15) is 5.76 Å². The van der Waals surface area contributed by atoms with E-state index < -0.39 is 12.4 Å². The minimum atomic E-state index is -1.01. The lowest BCUT2D eigenvalue weighted by Crippen LogP contribution is -2.44. The first-order valence-corrected chi connectivity index (χ1v) is 7.15. The van der Waals surface area contributed by atoms with E-state index in [4.69, 9.17) is 26.8 Å². The number of allylic oxidation sites excluding steroid dienone is 3. The van der Waals surface area contributed by atoms with E-state index in [1.165, 1.54) is 5.57 Å². The van der Waals surface area contributed by atoms with Crippen LogP contribution in [-0.2, 0) is 9.47 Å². The van der Waals surface area contributed by atoms with Crippen LogP contribution in [0.2, 0.25) is 0 Å². The predicted octanol–water partition coefficient (Wildman–Crippen LogP) is 2.12. The van der Waals surface area contributed by atoms with Crippen molar-refractivity contribution in [1.82, 2.24) is 0 Å². The van der Waals surface area contributed by atoms with Gasteiger partial charge in [-0.3, -0.25) is 0 Å². The molecule has 1 fully saturated rings. The van der Waals surface area contributed by atoms with Gasteiger partial charge in [-0.2, -0.15) is 0 Å². The van der Waals surface area contributed by atoms with Crippen LogP contribution in [0.25, 0.3) is 0 Å². The lowest BCUT2D eigenvalue weighted by molar-refractivity contribution is -0.158. The minimum Gasteiger partial charge on any atom is -0.486 e. The molecule has 2 rings (SSSR count). The van der Waals surface area contributed by atoms with Gasteiger partial charge < -0.3 is 20.3 Å². The van der Waals surface area contributed by atoms with Crippen molar-refractivity contribution in [1.29, 1.82) is 0 Å². The molecule has 4 nitrogen and oxygen atoms in total. The molecule has 0 bridgehead atoms. The van der Waals surface area contributed by atoms with E-state index in [0.717, 1.165) is 6.42 Å². The number of halogens is 1. The first kappa shape index (κ1) is 14.9. The van der Waals surface area contributed by atoms with Gasteiger partial charge in [-0.1, -0.05) is 31.0 Å². The number of aliphatic hydroxyl groups is 1. The van der Waals surface area contributed by atoms with Crippen LogP contribution in [0.4, 0.5) is 0 Å². The first-order valence-electron chi connectivity index (χ1n) is 6.77. The summed E-state index contributed by atoms with van der Waals surface area (Å²) in [4.78, 5) is 0. The fraction of sp³-hybridized carbons (Fsp3) is 0.714.